The number of nitrogens with one attached hydrogen (secondary N) is 1. The number of aromatic amines is 1. The summed E-state index contributed by atoms with van der Waals surface area (Å²) >= 11 is 0. The molecule has 2 aromatic rings. The number of benzene rings is 1. The Labute approximate surface area is 135 Å². The Hall–Kier alpha value is -2.14. The molecular formula is C18H23N3O2. The Morgan fingerprint density at radius 2 is 2.13 bits per heavy atom. The first kappa shape index (κ1) is 15.7. The van der Waals surface area contributed by atoms with Gasteiger partial charge >= 0.3 is 0 Å². The lowest BCUT2D eigenvalue weighted by molar-refractivity contribution is 0.0658. The van der Waals surface area contributed by atoms with Crippen LogP contribution < -0.4 is 11.3 Å². The number of likely N-dealkylation sites (tertiary alicyclic amines) is 1. The number of amides is 1. The van der Waals surface area contributed by atoms with E-state index in [9.17, 15) is 9.59 Å². The quantitative estimate of drug-likeness (QED) is 0.890. The fraction of sp³-hybridized carbons (Fsp3) is 0.444. The van der Waals surface area contributed by atoms with Gasteiger partial charge in [0.15, 0.2) is 0 Å². The predicted octanol–water partition coefficient (Wildman–Crippen LogP) is 2.04. The first-order chi connectivity index (χ1) is 11.0. The molecule has 1 saturated heterocycles. The maximum Gasteiger partial charge on any atom is 0.261 e. The second-order valence-electron chi connectivity index (χ2n) is 6.51. The van der Waals surface area contributed by atoms with Crippen LogP contribution in [0.15, 0.2) is 29.1 Å². The molecule has 0 aliphatic carbocycles. The van der Waals surface area contributed by atoms with Gasteiger partial charge in [-0.1, -0.05) is 18.2 Å². The monoisotopic (exact) mass is 313 g/mol. The smallest absolute Gasteiger partial charge is 0.261 e. The molecule has 0 saturated carbocycles. The van der Waals surface area contributed by atoms with E-state index in [4.69, 9.17) is 5.73 Å². The zero-order chi connectivity index (χ0) is 16.6. The van der Waals surface area contributed by atoms with Crippen molar-refractivity contribution in [3.63, 3.8) is 0 Å². The van der Waals surface area contributed by atoms with Crippen LogP contribution in [0.2, 0.25) is 0 Å². The number of carbonyl (C=O) groups excluding carboxylic acids is 1. The molecule has 23 heavy (non-hydrogen) atoms. The standard InChI is InChI=1S/C18H23N3O2/c1-11-14-7-3-4-8-15(14)20-17(22)16(11)18(23)21-9-5-6-13(10-21)12(2)19/h3-4,7-8,12-13H,5-6,9-10,19H2,1-2H3,(H,20,22). The highest BCUT2D eigenvalue weighted by atomic mass is 16.2. The number of aryl methyl sites for hydroxylation is 1. The molecule has 3 rings (SSSR count). The second-order valence-corrected chi connectivity index (χ2v) is 6.51. The minimum Gasteiger partial charge on any atom is -0.338 e. The van der Waals surface area contributed by atoms with Gasteiger partial charge in [-0.3, -0.25) is 9.59 Å². The molecule has 1 aliphatic heterocycles. The van der Waals surface area contributed by atoms with Gasteiger partial charge in [-0.05, 0) is 44.2 Å². The molecule has 2 atom stereocenters. The van der Waals surface area contributed by atoms with E-state index in [1.165, 1.54) is 0 Å². The van der Waals surface area contributed by atoms with Crippen molar-refractivity contribution in [2.45, 2.75) is 32.7 Å². The molecule has 122 valence electrons. The summed E-state index contributed by atoms with van der Waals surface area (Å²) in [5.74, 6) is 0.118. The molecule has 5 nitrogen and oxygen atoms in total. The van der Waals surface area contributed by atoms with E-state index in [2.05, 4.69) is 4.98 Å². The largest absolute Gasteiger partial charge is 0.338 e. The number of fused-ring (bicyclic) bond motifs is 1. The first-order valence-corrected chi connectivity index (χ1v) is 8.15. The third-order valence-electron chi connectivity index (χ3n) is 4.88. The maximum atomic E-state index is 12.9. The summed E-state index contributed by atoms with van der Waals surface area (Å²) in [7, 11) is 0. The van der Waals surface area contributed by atoms with Crippen LogP contribution in [0.5, 0.6) is 0 Å². The minimum atomic E-state index is -0.311. The molecule has 0 bridgehead atoms. The third-order valence-corrected chi connectivity index (χ3v) is 4.88. The number of hydrogen-bond acceptors (Lipinski definition) is 3. The van der Waals surface area contributed by atoms with Crippen molar-refractivity contribution in [1.82, 2.24) is 9.88 Å². The Balaban J connectivity index is 1.99. The third kappa shape index (κ3) is 2.88. The van der Waals surface area contributed by atoms with Crippen LogP contribution in [0, 0.1) is 12.8 Å². The average Bonchev–Trinajstić information content (AvgIpc) is 2.55. The normalized spacial score (nSPS) is 19.8. The molecule has 5 heteroatoms. The first-order valence-electron chi connectivity index (χ1n) is 8.15. The van der Waals surface area contributed by atoms with Crippen LogP contribution in [0.3, 0.4) is 0 Å². The van der Waals surface area contributed by atoms with Gasteiger partial charge in [0, 0.05) is 30.0 Å². The van der Waals surface area contributed by atoms with Crippen LogP contribution in [0.1, 0.15) is 35.7 Å². The highest BCUT2D eigenvalue weighted by Crippen LogP contribution is 2.22. The Morgan fingerprint density at radius 3 is 2.87 bits per heavy atom. The van der Waals surface area contributed by atoms with Crippen molar-refractivity contribution in [3.8, 4) is 0 Å². The van der Waals surface area contributed by atoms with E-state index in [0.29, 0.717) is 19.0 Å². The van der Waals surface area contributed by atoms with E-state index < -0.39 is 0 Å². The van der Waals surface area contributed by atoms with Gasteiger partial charge < -0.3 is 15.6 Å². The van der Waals surface area contributed by atoms with Crippen molar-refractivity contribution >= 4 is 16.8 Å². The molecule has 1 aromatic heterocycles. The van der Waals surface area contributed by atoms with Gasteiger partial charge in [0.2, 0.25) is 0 Å². The van der Waals surface area contributed by atoms with E-state index in [0.717, 1.165) is 29.3 Å². The van der Waals surface area contributed by atoms with E-state index in [1.807, 2.05) is 38.1 Å². The van der Waals surface area contributed by atoms with Crippen LogP contribution >= 0.6 is 0 Å². The summed E-state index contributed by atoms with van der Waals surface area (Å²) in [5.41, 5.74) is 7.45. The fourth-order valence-electron chi connectivity index (χ4n) is 3.45. The van der Waals surface area contributed by atoms with Crippen molar-refractivity contribution in [2.24, 2.45) is 11.7 Å². The predicted molar refractivity (Wildman–Crippen MR) is 91.6 cm³/mol. The SMILES string of the molecule is Cc1c(C(=O)N2CCCC(C(C)N)C2)c(=O)[nH]c2ccccc12. The summed E-state index contributed by atoms with van der Waals surface area (Å²) in [6.07, 6.45) is 1.97. The molecule has 1 aromatic carbocycles. The number of aromatic nitrogens is 1. The number of para-hydroxylation sites is 1. The summed E-state index contributed by atoms with van der Waals surface area (Å²) in [5, 5.41) is 0.913. The summed E-state index contributed by atoms with van der Waals surface area (Å²) in [6, 6.07) is 7.62. The topological polar surface area (TPSA) is 79.2 Å². The van der Waals surface area contributed by atoms with Crippen LogP contribution in [-0.2, 0) is 0 Å². The average molecular weight is 313 g/mol. The summed E-state index contributed by atoms with van der Waals surface area (Å²) in [6.45, 7) is 5.14. The number of pyridine rings is 1. The summed E-state index contributed by atoms with van der Waals surface area (Å²) < 4.78 is 0. The van der Waals surface area contributed by atoms with Gasteiger partial charge in [0.25, 0.3) is 11.5 Å². The molecule has 0 radical (unpaired) electrons. The van der Waals surface area contributed by atoms with Crippen LogP contribution in [0.4, 0.5) is 0 Å². The van der Waals surface area contributed by atoms with E-state index >= 15 is 0 Å². The number of H-pyrrole nitrogens is 1. The van der Waals surface area contributed by atoms with Gasteiger partial charge in [-0.2, -0.15) is 0 Å². The van der Waals surface area contributed by atoms with Crippen LogP contribution in [-0.4, -0.2) is 34.9 Å². The van der Waals surface area contributed by atoms with Gasteiger partial charge in [0.05, 0.1) is 0 Å². The van der Waals surface area contributed by atoms with Crippen molar-refractivity contribution < 1.29 is 4.79 Å². The number of piperidine rings is 1. The van der Waals surface area contributed by atoms with Gasteiger partial charge in [-0.15, -0.1) is 0 Å². The lowest BCUT2D eigenvalue weighted by Crippen LogP contribution is -2.46. The Morgan fingerprint density at radius 1 is 1.39 bits per heavy atom. The van der Waals surface area contributed by atoms with E-state index in [-0.39, 0.29) is 23.1 Å². The lowest BCUT2D eigenvalue weighted by Gasteiger charge is -2.34. The molecule has 2 unspecified atom stereocenters. The van der Waals surface area contributed by atoms with Gasteiger partial charge in [0.1, 0.15) is 5.56 Å². The number of hydrogen-bond donors (Lipinski definition) is 2. The number of rotatable bonds is 2. The van der Waals surface area contributed by atoms with Crippen LogP contribution in [0.25, 0.3) is 10.9 Å². The molecule has 1 fully saturated rings. The van der Waals surface area contributed by atoms with Crippen molar-refractivity contribution in [2.75, 3.05) is 13.1 Å². The molecular weight excluding hydrogens is 290 g/mol. The fourth-order valence-corrected chi connectivity index (χ4v) is 3.45. The Kier molecular flexibility index (Phi) is 4.22. The molecule has 1 amide bonds. The van der Waals surface area contributed by atoms with Crippen molar-refractivity contribution in [3.05, 3.63) is 45.7 Å². The van der Waals surface area contributed by atoms with Crippen molar-refractivity contribution in [1.29, 1.82) is 0 Å². The maximum absolute atomic E-state index is 12.9. The van der Waals surface area contributed by atoms with E-state index in [1.54, 1.807) is 4.90 Å². The lowest BCUT2D eigenvalue weighted by atomic mass is 9.91. The zero-order valence-corrected chi connectivity index (χ0v) is 13.6. The van der Waals surface area contributed by atoms with Gasteiger partial charge in [-0.25, -0.2) is 0 Å². The molecule has 0 spiro atoms. The number of nitrogens with two attached hydrogens (primary N) is 1. The second kappa shape index (κ2) is 6.16. The number of nitrogens with zero attached hydrogens (tertiary/aromatic N) is 1. The molecule has 1 aliphatic rings. The highest BCUT2D eigenvalue weighted by molar-refractivity contribution is 5.99. The number of carbonyl (C=O) groups is 1. The Bertz CT molecular complexity index is 794. The highest BCUT2D eigenvalue weighted by Gasteiger charge is 2.29. The molecule has 2 heterocycles. The summed E-state index contributed by atoms with van der Waals surface area (Å²) in [4.78, 5) is 30.0. The zero-order valence-electron chi connectivity index (χ0n) is 13.6. The molecule has 3 N–H and O–H groups in total. The minimum absolute atomic E-state index is 0.0570.